The number of hydrogen-bond acceptors (Lipinski definition) is 5. The molecule has 6 nitrogen and oxygen atoms in total. The van der Waals surface area contributed by atoms with Crippen molar-refractivity contribution in [3.63, 3.8) is 0 Å². The Morgan fingerprint density at radius 2 is 2.10 bits per heavy atom. The summed E-state index contributed by atoms with van der Waals surface area (Å²) in [5.74, 6) is 0.732. The highest BCUT2D eigenvalue weighted by Crippen LogP contribution is 2.18. The lowest BCUT2D eigenvalue weighted by atomic mass is 10.0. The van der Waals surface area contributed by atoms with E-state index in [0.29, 0.717) is 24.1 Å². The topological polar surface area (TPSA) is 78.4 Å². The fourth-order valence-corrected chi connectivity index (χ4v) is 2.55. The molecule has 0 radical (unpaired) electrons. The van der Waals surface area contributed by atoms with Crippen LogP contribution >= 0.6 is 0 Å². The number of piperidine rings is 1. The lowest BCUT2D eigenvalue weighted by Crippen LogP contribution is -2.33. The van der Waals surface area contributed by atoms with Crippen molar-refractivity contribution in [2.45, 2.75) is 45.6 Å². The number of carboxylic acid groups (broad SMARTS) is 1. The van der Waals surface area contributed by atoms with Crippen LogP contribution in [0.15, 0.2) is 12.3 Å². The first-order chi connectivity index (χ1) is 10.1. The predicted octanol–water partition coefficient (Wildman–Crippen LogP) is 2.38. The second kappa shape index (κ2) is 7.24. The molecule has 0 saturated carbocycles. The first-order valence-corrected chi connectivity index (χ1v) is 7.63. The summed E-state index contributed by atoms with van der Waals surface area (Å²) in [7, 11) is 0. The first-order valence-electron chi connectivity index (χ1n) is 7.63. The van der Waals surface area contributed by atoms with Gasteiger partial charge >= 0.3 is 5.97 Å². The molecule has 0 aliphatic carbocycles. The van der Waals surface area contributed by atoms with E-state index in [2.05, 4.69) is 20.2 Å². The molecule has 1 aliphatic rings. The number of carbonyl (C=O) groups is 1. The van der Waals surface area contributed by atoms with Crippen LogP contribution in [-0.4, -0.2) is 40.2 Å². The van der Waals surface area contributed by atoms with Crippen molar-refractivity contribution in [3.05, 3.63) is 12.3 Å². The molecule has 0 aromatic carbocycles. The van der Waals surface area contributed by atoms with Crippen molar-refractivity contribution in [2.24, 2.45) is 5.92 Å². The van der Waals surface area contributed by atoms with Crippen molar-refractivity contribution in [1.82, 2.24) is 9.97 Å². The van der Waals surface area contributed by atoms with Gasteiger partial charge in [-0.2, -0.15) is 4.98 Å². The highest BCUT2D eigenvalue weighted by atomic mass is 16.4. The van der Waals surface area contributed by atoms with E-state index in [4.69, 9.17) is 0 Å². The van der Waals surface area contributed by atoms with Gasteiger partial charge in [0.2, 0.25) is 5.95 Å². The molecule has 0 bridgehead atoms. The number of carboxylic acids is 1. The predicted molar refractivity (Wildman–Crippen MR) is 82.6 cm³/mol. The summed E-state index contributed by atoms with van der Waals surface area (Å²) in [4.78, 5) is 22.2. The minimum Gasteiger partial charge on any atom is -0.480 e. The average Bonchev–Trinajstić information content (AvgIpc) is 2.47. The highest BCUT2D eigenvalue weighted by molar-refractivity contribution is 5.76. The molecule has 2 rings (SSSR count). The second-order valence-electron chi connectivity index (χ2n) is 5.95. The fraction of sp³-hybridized carbons (Fsp3) is 0.667. The zero-order valence-electron chi connectivity index (χ0n) is 12.7. The van der Waals surface area contributed by atoms with E-state index in [-0.39, 0.29) is 0 Å². The number of hydrogen-bond donors (Lipinski definition) is 2. The van der Waals surface area contributed by atoms with Crippen LogP contribution in [0.3, 0.4) is 0 Å². The van der Waals surface area contributed by atoms with E-state index < -0.39 is 12.0 Å². The van der Waals surface area contributed by atoms with Gasteiger partial charge in [-0.25, -0.2) is 9.78 Å². The van der Waals surface area contributed by atoms with Gasteiger partial charge in [0.1, 0.15) is 11.9 Å². The van der Waals surface area contributed by atoms with E-state index in [1.165, 1.54) is 6.42 Å². The Morgan fingerprint density at radius 1 is 1.38 bits per heavy atom. The monoisotopic (exact) mass is 292 g/mol. The van der Waals surface area contributed by atoms with E-state index >= 15 is 0 Å². The zero-order chi connectivity index (χ0) is 15.2. The minimum absolute atomic E-state index is 0.307. The molecule has 1 aromatic heterocycles. The maximum Gasteiger partial charge on any atom is 0.326 e. The lowest BCUT2D eigenvalue weighted by Gasteiger charge is -2.27. The Bertz CT molecular complexity index is 472. The van der Waals surface area contributed by atoms with Crippen molar-refractivity contribution in [2.75, 3.05) is 23.3 Å². The highest BCUT2D eigenvalue weighted by Gasteiger charge is 2.20. The molecule has 6 heteroatoms. The average molecular weight is 292 g/mol. The Kier molecular flexibility index (Phi) is 5.36. The van der Waals surface area contributed by atoms with Crippen LogP contribution in [0.1, 0.15) is 39.5 Å². The van der Waals surface area contributed by atoms with Crippen LogP contribution < -0.4 is 10.2 Å². The minimum atomic E-state index is -0.846. The summed E-state index contributed by atoms with van der Waals surface area (Å²) in [5, 5.41) is 12.3. The van der Waals surface area contributed by atoms with Crippen LogP contribution in [0.4, 0.5) is 11.8 Å². The van der Waals surface area contributed by atoms with Gasteiger partial charge in [-0.05, 0) is 37.7 Å². The third kappa shape index (κ3) is 4.58. The summed E-state index contributed by atoms with van der Waals surface area (Å²) >= 11 is 0. The Labute approximate surface area is 125 Å². The van der Waals surface area contributed by atoms with Gasteiger partial charge in [0, 0.05) is 19.3 Å². The number of anilines is 2. The third-order valence-electron chi connectivity index (χ3n) is 3.61. The number of rotatable bonds is 6. The molecule has 116 valence electrons. The van der Waals surface area contributed by atoms with E-state index in [1.807, 2.05) is 13.8 Å². The number of nitrogens with one attached hydrogen (secondary N) is 1. The molecule has 1 atom stereocenters. The van der Waals surface area contributed by atoms with Gasteiger partial charge in [0.05, 0.1) is 0 Å². The second-order valence-corrected chi connectivity index (χ2v) is 5.95. The normalized spacial score (nSPS) is 16.8. The molecular formula is C15H24N4O2. The third-order valence-corrected chi connectivity index (χ3v) is 3.61. The zero-order valence-corrected chi connectivity index (χ0v) is 12.7. The molecule has 0 amide bonds. The number of aliphatic carboxylic acids is 1. The number of aromatic nitrogens is 2. The van der Waals surface area contributed by atoms with Gasteiger partial charge < -0.3 is 15.3 Å². The summed E-state index contributed by atoms with van der Waals surface area (Å²) in [5.41, 5.74) is 0. The molecule has 1 aliphatic heterocycles. The Balaban J connectivity index is 2.07. The Morgan fingerprint density at radius 3 is 2.71 bits per heavy atom. The maximum atomic E-state index is 11.3. The maximum absolute atomic E-state index is 11.3. The molecular weight excluding hydrogens is 268 g/mol. The summed E-state index contributed by atoms with van der Waals surface area (Å²) in [6.07, 6.45) is 5.83. The van der Waals surface area contributed by atoms with Gasteiger partial charge in [0.25, 0.3) is 0 Å². The summed E-state index contributed by atoms with van der Waals surface area (Å²) in [6.45, 7) is 5.96. The van der Waals surface area contributed by atoms with Crippen LogP contribution in [0.25, 0.3) is 0 Å². The standard InChI is InChI=1S/C15H24N4O2/c1-11(2)10-12(14(20)21)17-13-6-7-16-15(18-13)19-8-4-3-5-9-19/h6-7,11-12H,3-5,8-10H2,1-2H3,(H,20,21)(H,16,17,18)/t12-/m0/s1. The number of nitrogens with zero attached hydrogens (tertiary/aromatic N) is 3. The van der Waals surface area contributed by atoms with Crippen molar-refractivity contribution in [1.29, 1.82) is 0 Å². The summed E-state index contributed by atoms with van der Waals surface area (Å²) in [6, 6.07) is 1.11. The molecule has 2 N–H and O–H groups in total. The molecule has 1 saturated heterocycles. The fourth-order valence-electron chi connectivity index (χ4n) is 2.55. The largest absolute Gasteiger partial charge is 0.480 e. The van der Waals surface area contributed by atoms with Crippen molar-refractivity contribution in [3.8, 4) is 0 Å². The van der Waals surface area contributed by atoms with Gasteiger partial charge in [0.15, 0.2) is 0 Å². The van der Waals surface area contributed by atoms with Crippen molar-refractivity contribution < 1.29 is 9.90 Å². The van der Waals surface area contributed by atoms with Crippen molar-refractivity contribution >= 4 is 17.7 Å². The van der Waals surface area contributed by atoms with Crippen LogP contribution in [-0.2, 0) is 4.79 Å². The first kappa shape index (κ1) is 15.5. The molecule has 0 unspecified atom stereocenters. The molecule has 2 heterocycles. The van der Waals surface area contributed by atoms with E-state index in [1.54, 1.807) is 12.3 Å². The molecule has 1 fully saturated rings. The molecule has 0 spiro atoms. The molecule has 21 heavy (non-hydrogen) atoms. The van der Waals surface area contributed by atoms with E-state index in [0.717, 1.165) is 25.9 Å². The smallest absolute Gasteiger partial charge is 0.326 e. The lowest BCUT2D eigenvalue weighted by molar-refractivity contribution is -0.138. The van der Waals surface area contributed by atoms with E-state index in [9.17, 15) is 9.90 Å². The quantitative estimate of drug-likeness (QED) is 0.838. The Hall–Kier alpha value is -1.85. The molecule has 1 aromatic rings. The SMILES string of the molecule is CC(C)C[C@H](Nc1ccnc(N2CCCCC2)n1)C(=O)O. The van der Waals surface area contributed by atoms with Gasteiger partial charge in [-0.15, -0.1) is 0 Å². The summed E-state index contributed by atoms with van der Waals surface area (Å²) < 4.78 is 0. The van der Waals surface area contributed by atoms with Gasteiger partial charge in [-0.3, -0.25) is 0 Å². The van der Waals surface area contributed by atoms with Gasteiger partial charge in [-0.1, -0.05) is 13.8 Å². The van der Waals surface area contributed by atoms with Crippen LogP contribution in [0, 0.1) is 5.92 Å². The van der Waals surface area contributed by atoms with Crippen LogP contribution in [0.5, 0.6) is 0 Å². The van der Waals surface area contributed by atoms with Crippen LogP contribution in [0.2, 0.25) is 0 Å².